The van der Waals surface area contributed by atoms with Crippen LogP contribution in [0.5, 0.6) is 0 Å². The zero-order valence-electron chi connectivity index (χ0n) is 13.6. The SMILES string of the molecule is CN1CCN(c2ccc(NC(=O)c3ccc(F)cc3)cc2N)CC1. The topological polar surface area (TPSA) is 61.6 Å². The van der Waals surface area contributed by atoms with Gasteiger partial charge >= 0.3 is 0 Å². The summed E-state index contributed by atoms with van der Waals surface area (Å²) in [5.74, 6) is -0.658. The van der Waals surface area contributed by atoms with Gasteiger partial charge in [0.15, 0.2) is 0 Å². The molecule has 0 radical (unpaired) electrons. The lowest BCUT2D eigenvalue weighted by Crippen LogP contribution is -2.44. The second-order valence-corrected chi connectivity index (χ2v) is 6.02. The van der Waals surface area contributed by atoms with E-state index >= 15 is 0 Å². The summed E-state index contributed by atoms with van der Waals surface area (Å²) in [5, 5.41) is 2.79. The van der Waals surface area contributed by atoms with Gasteiger partial charge in [-0.15, -0.1) is 0 Å². The average molecular weight is 328 g/mol. The van der Waals surface area contributed by atoms with E-state index in [-0.39, 0.29) is 11.7 Å². The van der Waals surface area contributed by atoms with Crippen LogP contribution in [-0.4, -0.2) is 44.0 Å². The van der Waals surface area contributed by atoms with Crippen LogP contribution in [0.3, 0.4) is 0 Å². The van der Waals surface area contributed by atoms with Gasteiger partial charge < -0.3 is 20.9 Å². The van der Waals surface area contributed by atoms with Gasteiger partial charge in [-0.2, -0.15) is 0 Å². The summed E-state index contributed by atoms with van der Waals surface area (Å²) in [4.78, 5) is 16.7. The van der Waals surface area contributed by atoms with E-state index in [0.717, 1.165) is 31.9 Å². The third kappa shape index (κ3) is 3.65. The number of piperazine rings is 1. The average Bonchev–Trinajstić information content (AvgIpc) is 2.57. The maximum Gasteiger partial charge on any atom is 0.255 e. The van der Waals surface area contributed by atoms with Crippen LogP contribution >= 0.6 is 0 Å². The van der Waals surface area contributed by atoms with Gasteiger partial charge in [0.2, 0.25) is 0 Å². The molecule has 0 unspecified atom stereocenters. The van der Waals surface area contributed by atoms with Gasteiger partial charge in [-0.3, -0.25) is 4.79 Å². The van der Waals surface area contributed by atoms with Crippen molar-refractivity contribution in [2.45, 2.75) is 0 Å². The standard InChI is InChI=1S/C18H21FN4O/c1-22-8-10-23(11-9-22)17-7-6-15(12-16(17)20)21-18(24)13-2-4-14(19)5-3-13/h2-7,12H,8-11,20H2,1H3,(H,21,24). The third-order valence-electron chi connectivity index (χ3n) is 4.24. The van der Waals surface area contributed by atoms with Crippen LogP contribution in [0, 0.1) is 5.82 Å². The number of nitrogens with two attached hydrogens (primary N) is 1. The normalized spacial score (nSPS) is 15.3. The summed E-state index contributed by atoms with van der Waals surface area (Å²) in [5.41, 5.74) is 8.82. The molecule has 3 N–H and O–H groups in total. The number of rotatable bonds is 3. The first kappa shape index (κ1) is 16.3. The molecule has 2 aromatic rings. The highest BCUT2D eigenvalue weighted by atomic mass is 19.1. The van der Waals surface area contributed by atoms with E-state index in [0.29, 0.717) is 16.9 Å². The minimum Gasteiger partial charge on any atom is -0.397 e. The van der Waals surface area contributed by atoms with Gasteiger partial charge in [-0.25, -0.2) is 4.39 Å². The maximum absolute atomic E-state index is 12.9. The molecule has 1 amide bonds. The van der Waals surface area contributed by atoms with Crippen LogP contribution < -0.4 is 16.0 Å². The molecule has 0 aliphatic carbocycles. The van der Waals surface area contributed by atoms with Crippen molar-refractivity contribution in [3.8, 4) is 0 Å². The highest BCUT2D eigenvalue weighted by Crippen LogP contribution is 2.27. The molecule has 0 saturated carbocycles. The predicted molar refractivity (Wildman–Crippen MR) is 94.9 cm³/mol. The molecule has 24 heavy (non-hydrogen) atoms. The maximum atomic E-state index is 12.9. The number of nitrogens with zero attached hydrogens (tertiary/aromatic N) is 2. The molecule has 126 valence electrons. The third-order valence-corrected chi connectivity index (χ3v) is 4.24. The van der Waals surface area contributed by atoms with Crippen LogP contribution in [0.25, 0.3) is 0 Å². The Bertz CT molecular complexity index is 724. The second-order valence-electron chi connectivity index (χ2n) is 6.02. The Hall–Kier alpha value is -2.60. The van der Waals surface area contributed by atoms with Crippen molar-refractivity contribution < 1.29 is 9.18 Å². The van der Waals surface area contributed by atoms with Gasteiger partial charge in [0.1, 0.15) is 5.82 Å². The van der Waals surface area contributed by atoms with Gasteiger partial charge in [0, 0.05) is 37.4 Å². The fourth-order valence-electron chi connectivity index (χ4n) is 2.77. The molecule has 5 nitrogen and oxygen atoms in total. The van der Waals surface area contributed by atoms with Crippen LogP contribution in [0.15, 0.2) is 42.5 Å². The molecule has 0 atom stereocenters. The molecular formula is C18H21FN4O. The number of amides is 1. The van der Waals surface area contributed by atoms with E-state index in [1.807, 2.05) is 12.1 Å². The van der Waals surface area contributed by atoms with Crippen molar-refractivity contribution >= 4 is 23.0 Å². The molecule has 1 aliphatic rings. The zero-order valence-corrected chi connectivity index (χ0v) is 13.6. The number of carbonyl (C=O) groups is 1. The molecule has 0 aromatic heterocycles. The Morgan fingerprint density at radius 3 is 2.38 bits per heavy atom. The molecule has 1 heterocycles. The largest absolute Gasteiger partial charge is 0.397 e. The minimum absolute atomic E-state index is 0.290. The summed E-state index contributed by atoms with van der Waals surface area (Å²) < 4.78 is 12.9. The summed E-state index contributed by atoms with van der Waals surface area (Å²) in [6.07, 6.45) is 0. The number of likely N-dealkylation sites (N-methyl/N-ethyl adjacent to an activating group) is 1. The molecule has 1 saturated heterocycles. The first-order chi connectivity index (χ1) is 11.5. The molecule has 0 bridgehead atoms. The Morgan fingerprint density at radius 1 is 1.08 bits per heavy atom. The zero-order chi connectivity index (χ0) is 17.1. The van der Waals surface area contributed by atoms with Crippen molar-refractivity contribution in [3.05, 3.63) is 53.8 Å². The van der Waals surface area contributed by atoms with Crippen LogP contribution in [0.1, 0.15) is 10.4 Å². The molecule has 3 rings (SSSR count). The van der Waals surface area contributed by atoms with E-state index in [2.05, 4.69) is 22.2 Å². The number of carbonyl (C=O) groups excluding carboxylic acids is 1. The molecule has 1 aliphatic heterocycles. The number of nitrogen functional groups attached to an aromatic ring is 1. The van der Waals surface area contributed by atoms with Crippen LogP contribution in [0.4, 0.5) is 21.5 Å². The predicted octanol–water partition coefficient (Wildman–Crippen LogP) is 2.41. The summed E-state index contributed by atoms with van der Waals surface area (Å²) in [7, 11) is 2.11. The number of benzene rings is 2. The van der Waals surface area contributed by atoms with E-state index in [1.54, 1.807) is 6.07 Å². The monoisotopic (exact) mass is 328 g/mol. The van der Waals surface area contributed by atoms with E-state index in [9.17, 15) is 9.18 Å². The number of anilines is 3. The summed E-state index contributed by atoms with van der Waals surface area (Å²) in [6, 6.07) is 11.0. The Kier molecular flexibility index (Phi) is 4.66. The highest BCUT2D eigenvalue weighted by Gasteiger charge is 2.16. The lowest BCUT2D eigenvalue weighted by molar-refractivity contribution is 0.102. The van der Waals surface area contributed by atoms with Gasteiger partial charge in [-0.1, -0.05) is 0 Å². The quantitative estimate of drug-likeness (QED) is 0.850. The Labute approximate surface area is 140 Å². The van der Waals surface area contributed by atoms with Crippen molar-refractivity contribution in [2.24, 2.45) is 0 Å². The number of hydrogen-bond acceptors (Lipinski definition) is 4. The second kappa shape index (κ2) is 6.88. The van der Waals surface area contributed by atoms with Crippen molar-refractivity contribution in [2.75, 3.05) is 49.2 Å². The molecular weight excluding hydrogens is 307 g/mol. The summed E-state index contributed by atoms with van der Waals surface area (Å²) in [6.45, 7) is 3.87. The number of hydrogen-bond donors (Lipinski definition) is 2. The van der Waals surface area contributed by atoms with Crippen LogP contribution in [0.2, 0.25) is 0 Å². The van der Waals surface area contributed by atoms with Crippen molar-refractivity contribution in [1.29, 1.82) is 0 Å². The van der Waals surface area contributed by atoms with E-state index < -0.39 is 0 Å². The number of halogens is 1. The smallest absolute Gasteiger partial charge is 0.255 e. The molecule has 0 spiro atoms. The van der Waals surface area contributed by atoms with Gasteiger partial charge in [0.05, 0.1) is 11.4 Å². The van der Waals surface area contributed by atoms with Crippen molar-refractivity contribution in [1.82, 2.24) is 4.90 Å². The number of nitrogens with one attached hydrogen (secondary N) is 1. The lowest BCUT2D eigenvalue weighted by atomic mass is 10.1. The van der Waals surface area contributed by atoms with Gasteiger partial charge in [-0.05, 0) is 49.5 Å². The van der Waals surface area contributed by atoms with Crippen LogP contribution in [-0.2, 0) is 0 Å². The molecule has 1 fully saturated rings. The van der Waals surface area contributed by atoms with Crippen molar-refractivity contribution in [3.63, 3.8) is 0 Å². The Morgan fingerprint density at radius 2 is 1.75 bits per heavy atom. The highest BCUT2D eigenvalue weighted by molar-refractivity contribution is 6.04. The Balaban J connectivity index is 1.70. The minimum atomic E-state index is -0.368. The van der Waals surface area contributed by atoms with Gasteiger partial charge in [0.25, 0.3) is 5.91 Å². The molecule has 2 aromatic carbocycles. The summed E-state index contributed by atoms with van der Waals surface area (Å²) >= 11 is 0. The van der Waals surface area contributed by atoms with E-state index in [4.69, 9.17) is 5.73 Å². The lowest BCUT2D eigenvalue weighted by Gasteiger charge is -2.34. The fourth-order valence-corrected chi connectivity index (χ4v) is 2.77. The van der Waals surface area contributed by atoms with E-state index in [1.165, 1.54) is 24.3 Å². The first-order valence-corrected chi connectivity index (χ1v) is 7.93. The fraction of sp³-hybridized carbons (Fsp3) is 0.278. The first-order valence-electron chi connectivity index (χ1n) is 7.93. The molecule has 6 heteroatoms.